The van der Waals surface area contributed by atoms with Crippen LogP contribution in [0.15, 0.2) is 173 Å². The lowest BCUT2D eigenvalue weighted by Crippen LogP contribution is -2.09. The van der Waals surface area contributed by atoms with Gasteiger partial charge in [-0.3, -0.25) is 0 Å². The molecule has 2 aromatic heterocycles. The van der Waals surface area contributed by atoms with Crippen molar-refractivity contribution in [2.45, 2.75) is 0 Å². The van der Waals surface area contributed by atoms with E-state index in [1.807, 2.05) is 60.7 Å². The van der Waals surface area contributed by atoms with Crippen molar-refractivity contribution in [3.05, 3.63) is 186 Å². The minimum atomic E-state index is 0.435. The Morgan fingerprint density at radius 2 is 0.610 bits per heavy atom. The summed E-state index contributed by atoms with van der Waals surface area (Å²) in [5, 5.41) is 41.8. The maximum absolute atomic E-state index is 9.58. The van der Waals surface area contributed by atoms with Crippen molar-refractivity contribution in [2.75, 3.05) is 4.90 Å². The summed E-state index contributed by atoms with van der Waals surface area (Å²) in [6.07, 6.45) is 0. The van der Waals surface area contributed by atoms with Crippen LogP contribution in [-0.2, 0) is 0 Å². The van der Waals surface area contributed by atoms with Crippen LogP contribution in [0.3, 0.4) is 0 Å². The number of benzene rings is 8. The molecule has 0 aliphatic rings. The van der Waals surface area contributed by atoms with Gasteiger partial charge in [0, 0.05) is 38.6 Å². The van der Waals surface area contributed by atoms with E-state index in [2.05, 4.69) is 102 Å². The number of hydrogen-bond acceptors (Lipinski definition) is 7. The second kappa shape index (κ2) is 14.0. The zero-order chi connectivity index (χ0) is 40.0. The topological polar surface area (TPSA) is 125 Å². The highest BCUT2D eigenvalue weighted by atomic mass is 16.3. The molecule has 0 N–H and O–H groups in total. The van der Waals surface area contributed by atoms with Gasteiger partial charge in [0.2, 0.25) is 0 Å². The molecule has 272 valence electrons. The molecule has 0 radical (unpaired) electrons. The normalized spacial score (nSPS) is 11.0. The predicted molar refractivity (Wildman–Crippen MR) is 231 cm³/mol. The SMILES string of the molecule is N#Cc1cc(C#N)cc(-c2ccc(N(c3ccc(-c4ccc5c(c4)oc4cc(C#N)ccc45)cc3)c3ccc(-c4ccc5c(c4)oc4cc(C#N)ccc45)cc3)cc2)c1. The van der Waals surface area contributed by atoms with Gasteiger partial charge in [-0.15, -0.1) is 0 Å². The van der Waals surface area contributed by atoms with Crippen molar-refractivity contribution in [1.82, 2.24) is 0 Å². The van der Waals surface area contributed by atoms with Crippen LogP contribution in [0.5, 0.6) is 0 Å². The van der Waals surface area contributed by atoms with E-state index in [4.69, 9.17) is 8.83 Å². The van der Waals surface area contributed by atoms with E-state index in [9.17, 15) is 21.0 Å². The zero-order valence-electron chi connectivity index (χ0n) is 31.1. The van der Waals surface area contributed by atoms with Crippen molar-refractivity contribution < 1.29 is 8.83 Å². The Kier molecular flexibility index (Phi) is 8.21. The Labute approximate surface area is 338 Å². The molecule has 10 rings (SSSR count). The van der Waals surface area contributed by atoms with Crippen LogP contribution in [0, 0.1) is 45.3 Å². The summed E-state index contributed by atoms with van der Waals surface area (Å²) in [5.74, 6) is 0. The first-order valence-electron chi connectivity index (χ1n) is 18.8. The number of rotatable bonds is 6. The second-order valence-corrected chi connectivity index (χ2v) is 14.3. The molecule has 0 amide bonds. The molecule has 0 saturated carbocycles. The third kappa shape index (κ3) is 6.15. The minimum absolute atomic E-state index is 0.435. The number of hydrogen-bond donors (Lipinski definition) is 0. The quantitative estimate of drug-likeness (QED) is 0.165. The van der Waals surface area contributed by atoms with E-state index in [0.717, 1.165) is 83.2 Å². The Bertz CT molecular complexity index is 3270. The fourth-order valence-corrected chi connectivity index (χ4v) is 7.83. The van der Waals surface area contributed by atoms with Crippen LogP contribution < -0.4 is 4.90 Å². The summed E-state index contributed by atoms with van der Waals surface area (Å²) in [6, 6.07) is 62.2. The second-order valence-electron chi connectivity index (χ2n) is 14.3. The molecule has 0 atom stereocenters. The summed E-state index contributed by atoms with van der Waals surface area (Å²) >= 11 is 0. The Morgan fingerprint density at radius 3 is 0.983 bits per heavy atom. The molecule has 0 unspecified atom stereocenters. The number of nitriles is 4. The van der Waals surface area contributed by atoms with Crippen LogP contribution >= 0.6 is 0 Å². The smallest absolute Gasteiger partial charge is 0.136 e. The maximum atomic E-state index is 9.58. The van der Waals surface area contributed by atoms with Crippen LogP contribution in [0.25, 0.3) is 77.3 Å². The molecule has 0 aliphatic carbocycles. The molecule has 10 aromatic rings. The first kappa shape index (κ1) is 34.6. The van der Waals surface area contributed by atoms with E-state index < -0.39 is 0 Å². The lowest BCUT2D eigenvalue weighted by atomic mass is 9.99. The molecule has 7 nitrogen and oxygen atoms in total. The van der Waals surface area contributed by atoms with Gasteiger partial charge < -0.3 is 13.7 Å². The molecule has 7 heteroatoms. The molecule has 0 spiro atoms. The third-order valence-electron chi connectivity index (χ3n) is 10.8. The predicted octanol–water partition coefficient (Wildman–Crippen LogP) is 13.4. The van der Waals surface area contributed by atoms with E-state index in [1.165, 1.54) is 0 Å². The van der Waals surface area contributed by atoms with Gasteiger partial charge in [-0.2, -0.15) is 21.0 Å². The highest BCUT2D eigenvalue weighted by molar-refractivity contribution is 6.07. The zero-order valence-corrected chi connectivity index (χ0v) is 31.1. The van der Waals surface area contributed by atoms with Gasteiger partial charge in [0.05, 0.1) is 46.5 Å². The highest BCUT2D eigenvalue weighted by Crippen LogP contribution is 2.40. The monoisotopic (exact) mass is 753 g/mol. The number of anilines is 3. The van der Waals surface area contributed by atoms with Gasteiger partial charge in [0.15, 0.2) is 0 Å². The van der Waals surface area contributed by atoms with Crippen molar-refractivity contribution in [3.8, 4) is 57.7 Å². The van der Waals surface area contributed by atoms with E-state index in [1.54, 1.807) is 30.3 Å². The molecule has 2 heterocycles. The molecule has 0 saturated heterocycles. The highest BCUT2D eigenvalue weighted by Gasteiger charge is 2.16. The van der Waals surface area contributed by atoms with Crippen molar-refractivity contribution in [3.63, 3.8) is 0 Å². The minimum Gasteiger partial charge on any atom is -0.456 e. The van der Waals surface area contributed by atoms with E-state index >= 15 is 0 Å². The summed E-state index contributed by atoms with van der Waals surface area (Å²) in [6.45, 7) is 0. The Morgan fingerprint density at radius 1 is 0.288 bits per heavy atom. The van der Waals surface area contributed by atoms with Crippen molar-refractivity contribution >= 4 is 60.9 Å². The van der Waals surface area contributed by atoms with Gasteiger partial charge in [-0.05, 0) is 149 Å². The summed E-state index contributed by atoms with van der Waals surface area (Å²) in [7, 11) is 0. The van der Waals surface area contributed by atoms with Crippen molar-refractivity contribution in [1.29, 1.82) is 21.0 Å². The fraction of sp³-hybridized carbons (Fsp3) is 0. The summed E-state index contributed by atoms with van der Waals surface area (Å²) < 4.78 is 12.4. The molecular formula is C52H27N5O2. The third-order valence-corrected chi connectivity index (χ3v) is 10.8. The molecule has 0 bridgehead atoms. The van der Waals surface area contributed by atoms with Gasteiger partial charge >= 0.3 is 0 Å². The average Bonchev–Trinajstić information content (AvgIpc) is 3.86. The number of furan rings is 2. The Hall–Kier alpha value is -8.88. The first-order valence-corrected chi connectivity index (χ1v) is 18.8. The van der Waals surface area contributed by atoms with E-state index in [0.29, 0.717) is 33.4 Å². The number of nitrogens with zero attached hydrogens (tertiary/aromatic N) is 5. The molecule has 0 fully saturated rings. The molecule has 59 heavy (non-hydrogen) atoms. The van der Waals surface area contributed by atoms with Crippen LogP contribution in [0.4, 0.5) is 17.1 Å². The van der Waals surface area contributed by atoms with Crippen LogP contribution in [-0.4, -0.2) is 0 Å². The lowest BCUT2D eigenvalue weighted by Gasteiger charge is -2.26. The van der Waals surface area contributed by atoms with Gasteiger partial charge in [-0.25, -0.2) is 0 Å². The lowest BCUT2D eigenvalue weighted by molar-refractivity contribution is 0.668. The largest absolute Gasteiger partial charge is 0.456 e. The van der Waals surface area contributed by atoms with Crippen LogP contribution in [0.1, 0.15) is 22.3 Å². The molecular weight excluding hydrogens is 727 g/mol. The molecule has 0 aliphatic heterocycles. The molecule has 8 aromatic carbocycles. The number of fused-ring (bicyclic) bond motifs is 6. The Balaban J connectivity index is 1.01. The average molecular weight is 754 g/mol. The standard InChI is InChI=1S/C52H27N5O2/c53-28-32-1-17-45-47-19-9-39(26-51(47)58-49(45)24-32)36-3-11-42(12-4-36)57(44-15-7-38(8-16-44)41-22-34(30-55)21-35(23-41)31-56)43-13-5-37(6-14-43)40-10-20-48-46-18-2-33(29-54)25-50(46)59-52(48)27-40/h1-27H. The van der Waals surface area contributed by atoms with Gasteiger partial charge in [-0.1, -0.05) is 48.5 Å². The maximum Gasteiger partial charge on any atom is 0.136 e. The first-order chi connectivity index (χ1) is 29.0. The summed E-state index contributed by atoms with van der Waals surface area (Å²) in [4.78, 5) is 2.19. The van der Waals surface area contributed by atoms with Gasteiger partial charge in [0.1, 0.15) is 22.3 Å². The van der Waals surface area contributed by atoms with Gasteiger partial charge in [0.25, 0.3) is 0 Å². The van der Waals surface area contributed by atoms with E-state index in [-0.39, 0.29) is 0 Å². The summed E-state index contributed by atoms with van der Waals surface area (Å²) in [5.41, 5.74) is 13.4. The van der Waals surface area contributed by atoms with Crippen LogP contribution in [0.2, 0.25) is 0 Å². The van der Waals surface area contributed by atoms with Crippen molar-refractivity contribution in [2.24, 2.45) is 0 Å². The fourth-order valence-electron chi connectivity index (χ4n) is 7.83.